The fraction of sp³-hybridized carbons (Fsp3) is 0.160. The standard InChI is InChI=1S/C50H58N2/c1-9-11-13-23-39-51(41-25-21-31-49-27-17-15-18-28-49)47(7)37-35-45(5)43(3)33-34-44(4)46(6)36-38-48(8)52(40-24-14-12-10-2)42-26-22-32-50-29-19-16-20-30-50/h9-27,29-39,42H,1,5,7,28,40-41H2,2-4,6,8H3/b12-10-,13-11-,24-14-,25-21-,32-22-,37-35-,39-23+,42-26+,43-33+,44-34+,46-36+,48-38+,49-31-. The van der Waals surface area contributed by atoms with E-state index in [0.29, 0.717) is 6.54 Å². The number of hydrogen-bond acceptors (Lipinski definition) is 2. The Morgan fingerprint density at radius 1 is 0.692 bits per heavy atom. The lowest BCUT2D eigenvalue weighted by molar-refractivity contribution is 0.518. The van der Waals surface area contributed by atoms with E-state index in [1.807, 2.05) is 61.7 Å². The molecule has 1 aliphatic rings. The summed E-state index contributed by atoms with van der Waals surface area (Å²) in [6.07, 6.45) is 54.9. The molecule has 2 nitrogen and oxygen atoms in total. The minimum absolute atomic E-state index is 0.694. The van der Waals surface area contributed by atoms with Crippen LogP contribution in [0.5, 0.6) is 0 Å². The molecule has 0 bridgehead atoms. The number of allylic oxidation sites excluding steroid dienone is 27. The average molecular weight is 687 g/mol. The normalized spacial score (nSPS) is 15.8. The zero-order chi connectivity index (χ0) is 37.8. The average Bonchev–Trinajstić information content (AvgIpc) is 3.17. The van der Waals surface area contributed by atoms with Crippen molar-refractivity contribution in [1.82, 2.24) is 9.80 Å². The van der Waals surface area contributed by atoms with Crippen molar-refractivity contribution < 1.29 is 0 Å². The zero-order valence-electron chi connectivity index (χ0n) is 32.0. The minimum atomic E-state index is 0.694. The van der Waals surface area contributed by atoms with Gasteiger partial charge in [-0.15, -0.1) is 0 Å². The van der Waals surface area contributed by atoms with Crippen molar-refractivity contribution in [2.75, 3.05) is 13.1 Å². The van der Waals surface area contributed by atoms with E-state index >= 15 is 0 Å². The molecular formula is C50H58N2. The third-order valence-electron chi connectivity index (χ3n) is 8.08. The van der Waals surface area contributed by atoms with Crippen molar-refractivity contribution in [3.05, 3.63) is 247 Å². The molecule has 0 radical (unpaired) electrons. The van der Waals surface area contributed by atoms with E-state index in [1.54, 1.807) is 6.08 Å². The maximum atomic E-state index is 4.33. The van der Waals surface area contributed by atoms with Gasteiger partial charge >= 0.3 is 0 Å². The molecule has 0 saturated carbocycles. The highest BCUT2D eigenvalue weighted by molar-refractivity contribution is 5.50. The highest BCUT2D eigenvalue weighted by Crippen LogP contribution is 2.16. The molecule has 0 fully saturated rings. The Labute approximate surface area is 316 Å². The highest BCUT2D eigenvalue weighted by Gasteiger charge is 2.01. The van der Waals surface area contributed by atoms with Gasteiger partial charge in [0, 0.05) is 36.9 Å². The molecule has 0 atom stereocenters. The van der Waals surface area contributed by atoms with E-state index in [1.165, 1.54) is 22.3 Å². The number of rotatable bonds is 20. The van der Waals surface area contributed by atoms with Gasteiger partial charge in [-0.05, 0) is 98.8 Å². The van der Waals surface area contributed by atoms with Crippen molar-refractivity contribution in [2.24, 2.45) is 0 Å². The highest BCUT2D eigenvalue weighted by atomic mass is 15.1. The molecule has 0 heterocycles. The number of hydrogen-bond donors (Lipinski definition) is 0. The Bertz CT molecular complexity index is 1780. The maximum absolute atomic E-state index is 4.33. The smallest absolute Gasteiger partial charge is 0.0408 e. The van der Waals surface area contributed by atoms with Crippen molar-refractivity contribution in [1.29, 1.82) is 0 Å². The van der Waals surface area contributed by atoms with Crippen molar-refractivity contribution in [3.63, 3.8) is 0 Å². The van der Waals surface area contributed by atoms with Crippen LogP contribution in [0.4, 0.5) is 0 Å². The molecule has 0 unspecified atom stereocenters. The minimum Gasteiger partial charge on any atom is -0.348 e. The lowest BCUT2D eigenvalue weighted by Gasteiger charge is -2.19. The maximum Gasteiger partial charge on any atom is 0.0408 e. The molecule has 0 amide bonds. The number of nitrogens with zero attached hydrogens (tertiary/aromatic N) is 2. The van der Waals surface area contributed by atoms with Gasteiger partial charge in [0.15, 0.2) is 0 Å². The second kappa shape index (κ2) is 26.0. The molecule has 0 saturated heterocycles. The van der Waals surface area contributed by atoms with Crippen molar-refractivity contribution in [3.8, 4) is 0 Å². The van der Waals surface area contributed by atoms with Crippen LogP contribution < -0.4 is 0 Å². The zero-order valence-corrected chi connectivity index (χ0v) is 32.0. The van der Waals surface area contributed by atoms with Crippen LogP contribution in [-0.4, -0.2) is 22.9 Å². The van der Waals surface area contributed by atoms with Gasteiger partial charge < -0.3 is 9.80 Å². The summed E-state index contributed by atoms with van der Waals surface area (Å²) in [6, 6.07) is 10.3. The molecule has 2 heteroatoms. The van der Waals surface area contributed by atoms with Crippen molar-refractivity contribution >= 4 is 6.08 Å². The fourth-order valence-corrected chi connectivity index (χ4v) is 4.55. The van der Waals surface area contributed by atoms with Crippen LogP contribution in [0.2, 0.25) is 0 Å². The first-order chi connectivity index (χ1) is 25.2. The van der Waals surface area contributed by atoms with Gasteiger partial charge in [0.05, 0.1) is 0 Å². The van der Waals surface area contributed by atoms with Crippen LogP contribution in [0.25, 0.3) is 6.08 Å². The Kier molecular flexibility index (Phi) is 21.2. The van der Waals surface area contributed by atoms with Gasteiger partial charge in [0.2, 0.25) is 0 Å². The lowest BCUT2D eigenvalue weighted by Crippen LogP contribution is -2.14. The fourth-order valence-electron chi connectivity index (χ4n) is 4.55. The molecule has 2 rings (SSSR count). The third-order valence-corrected chi connectivity index (χ3v) is 8.08. The Morgan fingerprint density at radius 3 is 2.08 bits per heavy atom. The van der Waals surface area contributed by atoms with E-state index in [4.69, 9.17) is 0 Å². The third kappa shape index (κ3) is 18.2. The van der Waals surface area contributed by atoms with Gasteiger partial charge in [0.25, 0.3) is 0 Å². The predicted octanol–water partition coefficient (Wildman–Crippen LogP) is 13.6. The van der Waals surface area contributed by atoms with Crippen LogP contribution in [-0.2, 0) is 0 Å². The summed E-state index contributed by atoms with van der Waals surface area (Å²) in [5.41, 5.74) is 8.91. The molecule has 1 aromatic rings. The molecule has 0 aliphatic heterocycles. The molecule has 1 aromatic carbocycles. The van der Waals surface area contributed by atoms with Crippen molar-refractivity contribution in [2.45, 2.75) is 41.0 Å². The van der Waals surface area contributed by atoms with Crippen LogP contribution >= 0.6 is 0 Å². The molecule has 52 heavy (non-hydrogen) atoms. The SMILES string of the molecule is C=C/C=C\C=C\N(C/C=C\C=C1\C=CC=CC1)C(=C)/C=C\C(=C)/C(C)=C/C=C(C)/C(C)=C/C=C(\C)N(/C=C/C=C\c1ccccc1)C/C=C\C=C/C. The summed E-state index contributed by atoms with van der Waals surface area (Å²) >= 11 is 0. The predicted molar refractivity (Wildman–Crippen MR) is 233 cm³/mol. The molecule has 0 aromatic heterocycles. The Morgan fingerprint density at radius 2 is 1.37 bits per heavy atom. The monoisotopic (exact) mass is 686 g/mol. The first-order valence-corrected chi connectivity index (χ1v) is 17.9. The van der Waals surface area contributed by atoms with E-state index in [9.17, 15) is 0 Å². The van der Waals surface area contributed by atoms with Crippen LogP contribution in [0.3, 0.4) is 0 Å². The molecule has 1 aliphatic carbocycles. The molecule has 268 valence electrons. The van der Waals surface area contributed by atoms with Crippen LogP contribution in [0.1, 0.15) is 46.6 Å². The van der Waals surface area contributed by atoms with Crippen LogP contribution in [0.15, 0.2) is 241 Å². The molecule has 0 spiro atoms. The Balaban J connectivity index is 2.11. The van der Waals surface area contributed by atoms with Gasteiger partial charge in [-0.2, -0.15) is 0 Å². The summed E-state index contributed by atoms with van der Waals surface area (Å²) in [7, 11) is 0. The number of benzene rings is 1. The Hall–Kier alpha value is -5.86. The van der Waals surface area contributed by atoms with E-state index in [-0.39, 0.29) is 0 Å². The van der Waals surface area contributed by atoms with Gasteiger partial charge in [0.1, 0.15) is 0 Å². The topological polar surface area (TPSA) is 6.48 Å². The lowest BCUT2D eigenvalue weighted by atomic mass is 10.0. The summed E-state index contributed by atoms with van der Waals surface area (Å²) in [5.74, 6) is 0. The van der Waals surface area contributed by atoms with E-state index in [2.05, 4.69) is 185 Å². The second-order valence-corrected chi connectivity index (χ2v) is 12.2. The quantitative estimate of drug-likeness (QED) is 0.126. The molecular weight excluding hydrogens is 629 g/mol. The van der Waals surface area contributed by atoms with Gasteiger partial charge in [-0.1, -0.05) is 172 Å². The molecule has 0 N–H and O–H groups in total. The van der Waals surface area contributed by atoms with Gasteiger partial charge in [-0.3, -0.25) is 0 Å². The first-order valence-electron chi connectivity index (χ1n) is 17.9. The summed E-state index contributed by atoms with van der Waals surface area (Å²) in [4.78, 5) is 4.34. The first kappa shape index (κ1) is 42.3. The summed E-state index contributed by atoms with van der Waals surface area (Å²) in [6.45, 7) is 24.4. The summed E-state index contributed by atoms with van der Waals surface area (Å²) in [5, 5.41) is 0. The second-order valence-electron chi connectivity index (χ2n) is 12.2. The van der Waals surface area contributed by atoms with Gasteiger partial charge in [-0.25, -0.2) is 0 Å². The van der Waals surface area contributed by atoms with Crippen LogP contribution in [0, 0.1) is 0 Å². The largest absolute Gasteiger partial charge is 0.348 e. The van der Waals surface area contributed by atoms with E-state index < -0.39 is 0 Å². The summed E-state index contributed by atoms with van der Waals surface area (Å²) < 4.78 is 0. The van der Waals surface area contributed by atoms with E-state index in [0.717, 1.165) is 35.5 Å².